The molecule has 1 aromatic carbocycles. The maximum Gasteiger partial charge on any atom is 0.234 e. The molecule has 0 radical (unpaired) electrons. The lowest BCUT2D eigenvalue weighted by atomic mass is 10.2. The van der Waals surface area contributed by atoms with Gasteiger partial charge >= 0.3 is 0 Å². The lowest BCUT2D eigenvalue weighted by molar-refractivity contribution is 0.958. The van der Waals surface area contributed by atoms with E-state index in [1.807, 2.05) is 46.7 Å². The lowest BCUT2D eigenvalue weighted by Crippen LogP contribution is -2.06. The normalized spacial score (nSPS) is 10.9. The highest BCUT2D eigenvalue weighted by molar-refractivity contribution is 14.1. The van der Waals surface area contributed by atoms with E-state index < -0.39 is 0 Å². The molecule has 2 heterocycles. The molecule has 0 saturated carbocycles. The summed E-state index contributed by atoms with van der Waals surface area (Å²) in [5.74, 6) is 1.45. The molecule has 0 saturated heterocycles. The number of halogens is 1. The Labute approximate surface area is 147 Å². The summed E-state index contributed by atoms with van der Waals surface area (Å²) >= 11 is 3.80. The number of aromatic nitrogens is 3. The molecular formula is C15H16IN5S. The van der Waals surface area contributed by atoms with Crippen LogP contribution >= 0.6 is 34.6 Å². The Morgan fingerprint density at radius 2 is 2.05 bits per heavy atom. The Bertz CT molecular complexity index is 802. The molecule has 5 nitrogen and oxygen atoms in total. The Hall–Kier alpha value is -1.48. The Morgan fingerprint density at radius 1 is 1.23 bits per heavy atom. The van der Waals surface area contributed by atoms with Crippen molar-refractivity contribution in [2.45, 2.75) is 11.4 Å². The van der Waals surface area contributed by atoms with Crippen molar-refractivity contribution in [1.82, 2.24) is 14.5 Å². The molecule has 0 amide bonds. The summed E-state index contributed by atoms with van der Waals surface area (Å²) in [7, 11) is 2.00. The highest BCUT2D eigenvalue weighted by atomic mass is 127. The molecule has 114 valence electrons. The van der Waals surface area contributed by atoms with Crippen molar-refractivity contribution in [2.75, 3.05) is 15.1 Å². The average Bonchev–Trinajstić information content (AvgIpc) is 2.94. The van der Waals surface area contributed by atoms with Gasteiger partial charge in [-0.1, -0.05) is 18.2 Å². The van der Waals surface area contributed by atoms with Gasteiger partial charge in [-0.25, -0.2) is 4.98 Å². The summed E-state index contributed by atoms with van der Waals surface area (Å²) in [6.07, 6.45) is 4.09. The fourth-order valence-electron chi connectivity index (χ4n) is 2.39. The first-order valence-corrected chi connectivity index (χ1v) is 9.08. The number of nitrogens with one attached hydrogen (secondary N) is 2. The van der Waals surface area contributed by atoms with Crippen LogP contribution in [0.4, 0.5) is 11.8 Å². The Kier molecular flexibility index (Phi) is 4.72. The van der Waals surface area contributed by atoms with Gasteiger partial charge in [-0.05, 0) is 24.0 Å². The molecule has 0 bridgehead atoms. The van der Waals surface area contributed by atoms with Crippen LogP contribution in [0.3, 0.4) is 0 Å². The van der Waals surface area contributed by atoms with Gasteiger partial charge in [0.2, 0.25) is 5.95 Å². The third-order valence-electron chi connectivity index (χ3n) is 3.44. The van der Waals surface area contributed by atoms with E-state index in [0.717, 1.165) is 23.4 Å². The maximum absolute atomic E-state index is 4.55. The Morgan fingerprint density at radius 3 is 2.82 bits per heavy atom. The van der Waals surface area contributed by atoms with Crippen LogP contribution in [0.5, 0.6) is 0 Å². The topological polar surface area (TPSA) is 54.8 Å². The maximum atomic E-state index is 4.55. The standard InChI is InChI=1S/C15H16IN5S/c1-21-8-7-11-13(21)14(19-15(18-11)20-16)17-9-10-5-3-4-6-12(10)22-2/h3-8H,9H2,1-2H3,(H2,17,18,19,20). The number of anilines is 2. The van der Waals surface area contributed by atoms with Gasteiger partial charge in [0.1, 0.15) is 5.52 Å². The first-order chi connectivity index (χ1) is 10.7. The van der Waals surface area contributed by atoms with Crippen LogP contribution in [-0.2, 0) is 13.6 Å². The molecule has 0 unspecified atom stereocenters. The average molecular weight is 425 g/mol. The third kappa shape index (κ3) is 3.00. The third-order valence-corrected chi connectivity index (χ3v) is 4.76. The molecule has 2 N–H and O–H groups in total. The second-order valence-electron chi connectivity index (χ2n) is 4.82. The molecule has 3 rings (SSSR count). The van der Waals surface area contributed by atoms with Crippen LogP contribution < -0.4 is 8.85 Å². The molecule has 0 aliphatic rings. The van der Waals surface area contributed by atoms with Gasteiger partial charge in [0.05, 0.1) is 28.4 Å². The molecule has 7 heteroatoms. The fourth-order valence-corrected chi connectivity index (χ4v) is 3.24. The van der Waals surface area contributed by atoms with Crippen LogP contribution in [0.15, 0.2) is 41.4 Å². The van der Waals surface area contributed by atoms with Crippen LogP contribution in [0.2, 0.25) is 0 Å². The van der Waals surface area contributed by atoms with E-state index >= 15 is 0 Å². The van der Waals surface area contributed by atoms with Crippen molar-refractivity contribution in [3.05, 3.63) is 42.1 Å². The molecule has 0 aliphatic carbocycles. The quantitative estimate of drug-likeness (QED) is 0.367. The monoisotopic (exact) mass is 425 g/mol. The first-order valence-electron chi connectivity index (χ1n) is 6.78. The first kappa shape index (κ1) is 15.4. The van der Waals surface area contributed by atoms with E-state index in [9.17, 15) is 0 Å². The van der Waals surface area contributed by atoms with Crippen molar-refractivity contribution in [2.24, 2.45) is 7.05 Å². The van der Waals surface area contributed by atoms with E-state index in [-0.39, 0.29) is 0 Å². The van der Waals surface area contributed by atoms with E-state index in [2.05, 4.69) is 49.3 Å². The highest BCUT2D eigenvalue weighted by Gasteiger charge is 2.11. The zero-order valence-corrected chi connectivity index (χ0v) is 15.3. The predicted molar refractivity (Wildman–Crippen MR) is 102 cm³/mol. The zero-order chi connectivity index (χ0) is 15.5. The highest BCUT2D eigenvalue weighted by Crippen LogP contribution is 2.25. The van der Waals surface area contributed by atoms with Crippen LogP contribution in [0, 0.1) is 0 Å². The minimum absolute atomic E-state index is 0.611. The molecule has 3 aromatic rings. The molecular weight excluding hydrogens is 409 g/mol. The van der Waals surface area contributed by atoms with Crippen LogP contribution in [-0.4, -0.2) is 20.8 Å². The van der Waals surface area contributed by atoms with E-state index in [1.165, 1.54) is 10.5 Å². The van der Waals surface area contributed by atoms with Crippen molar-refractivity contribution in [1.29, 1.82) is 0 Å². The van der Waals surface area contributed by atoms with Gasteiger partial charge in [0, 0.05) is 24.7 Å². The van der Waals surface area contributed by atoms with Gasteiger partial charge in [-0.15, -0.1) is 11.8 Å². The van der Waals surface area contributed by atoms with Crippen LogP contribution in [0.1, 0.15) is 5.56 Å². The number of rotatable bonds is 5. The van der Waals surface area contributed by atoms with Crippen molar-refractivity contribution in [3.8, 4) is 0 Å². The SMILES string of the molecule is CSc1ccccc1CNc1nc(NI)nc2ccn(C)c12. The van der Waals surface area contributed by atoms with Gasteiger partial charge in [0.25, 0.3) is 0 Å². The number of hydrogen-bond donors (Lipinski definition) is 2. The largest absolute Gasteiger partial charge is 0.364 e. The summed E-state index contributed by atoms with van der Waals surface area (Å²) in [5.41, 5.74) is 3.20. The summed E-state index contributed by atoms with van der Waals surface area (Å²) in [6, 6.07) is 10.4. The van der Waals surface area contributed by atoms with E-state index in [4.69, 9.17) is 0 Å². The number of benzene rings is 1. The van der Waals surface area contributed by atoms with Gasteiger partial charge < -0.3 is 9.88 Å². The van der Waals surface area contributed by atoms with E-state index in [0.29, 0.717) is 5.95 Å². The molecule has 0 atom stereocenters. The zero-order valence-electron chi connectivity index (χ0n) is 12.3. The molecule has 2 aromatic heterocycles. The minimum atomic E-state index is 0.611. The van der Waals surface area contributed by atoms with Gasteiger partial charge in [0.15, 0.2) is 5.82 Å². The van der Waals surface area contributed by atoms with E-state index in [1.54, 1.807) is 11.8 Å². The van der Waals surface area contributed by atoms with Gasteiger partial charge in [-0.3, -0.25) is 3.53 Å². The lowest BCUT2D eigenvalue weighted by Gasteiger charge is -2.12. The van der Waals surface area contributed by atoms with Crippen LogP contribution in [0.25, 0.3) is 11.0 Å². The summed E-state index contributed by atoms with van der Waals surface area (Å²) in [6.45, 7) is 0.731. The number of thioether (sulfide) groups is 1. The van der Waals surface area contributed by atoms with Crippen molar-refractivity contribution < 1.29 is 0 Å². The molecule has 0 aliphatic heterocycles. The van der Waals surface area contributed by atoms with Crippen molar-refractivity contribution >= 4 is 57.4 Å². The number of aryl methyl sites for hydroxylation is 1. The second-order valence-corrected chi connectivity index (χ2v) is 6.20. The predicted octanol–water partition coefficient (Wildman–Crippen LogP) is 4.06. The summed E-state index contributed by atoms with van der Waals surface area (Å²) < 4.78 is 5.02. The smallest absolute Gasteiger partial charge is 0.234 e. The molecule has 22 heavy (non-hydrogen) atoms. The van der Waals surface area contributed by atoms with Crippen molar-refractivity contribution in [3.63, 3.8) is 0 Å². The number of nitrogens with zero attached hydrogens (tertiary/aromatic N) is 3. The number of hydrogen-bond acceptors (Lipinski definition) is 5. The molecule has 0 spiro atoms. The van der Waals surface area contributed by atoms with Gasteiger partial charge in [-0.2, -0.15) is 4.98 Å². The fraction of sp³-hybridized carbons (Fsp3) is 0.200. The summed E-state index contributed by atoms with van der Waals surface area (Å²) in [5, 5.41) is 3.45. The summed E-state index contributed by atoms with van der Waals surface area (Å²) in [4.78, 5) is 10.3. The number of fused-ring (bicyclic) bond motifs is 1. The second kappa shape index (κ2) is 6.74. The Balaban J connectivity index is 1.94. The minimum Gasteiger partial charge on any atom is -0.364 e. The molecule has 0 fully saturated rings.